The number of halogens is 1. The van der Waals surface area contributed by atoms with E-state index in [-0.39, 0.29) is 11.5 Å². The molecule has 5 nitrogen and oxygen atoms in total. The Morgan fingerprint density at radius 1 is 1.22 bits per heavy atom. The van der Waals surface area contributed by atoms with Crippen molar-refractivity contribution in [3.8, 4) is 5.75 Å². The highest BCUT2D eigenvalue weighted by Gasteiger charge is 2.11. The molecule has 1 N–H and O–H groups in total. The third kappa shape index (κ3) is 4.99. The van der Waals surface area contributed by atoms with E-state index in [1.165, 1.54) is 6.08 Å². The van der Waals surface area contributed by atoms with Crippen molar-refractivity contribution in [3.05, 3.63) is 76.3 Å². The second-order valence-corrected chi connectivity index (χ2v) is 8.42. The lowest BCUT2D eigenvalue weighted by Crippen LogP contribution is -2.14. The minimum atomic E-state index is -3.34. The van der Waals surface area contributed by atoms with Gasteiger partial charge in [-0.3, -0.25) is 9.52 Å². The molecule has 0 saturated carbocycles. The smallest absolute Gasteiger partial charge is 0.232 e. The fourth-order valence-electron chi connectivity index (χ4n) is 2.50. The van der Waals surface area contributed by atoms with Crippen LogP contribution in [0.2, 0.25) is 5.02 Å². The molecule has 0 saturated heterocycles. The summed E-state index contributed by atoms with van der Waals surface area (Å²) in [4.78, 5) is 12.3. The molecule has 2 aromatic carbocycles. The van der Waals surface area contributed by atoms with Crippen LogP contribution < -0.4 is 9.46 Å². The fourth-order valence-corrected chi connectivity index (χ4v) is 3.32. The number of carbonyl (C=O) groups excluding carboxylic acids is 1. The van der Waals surface area contributed by atoms with Gasteiger partial charge in [0.1, 0.15) is 12.4 Å². The first-order chi connectivity index (χ1) is 12.9. The molecule has 0 unspecified atom stereocenters. The predicted molar refractivity (Wildman–Crippen MR) is 108 cm³/mol. The maximum atomic E-state index is 12.3. The van der Waals surface area contributed by atoms with E-state index in [2.05, 4.69) is 4.72 Å². The van der Waals surface area contributed by atoms with Gasteiger partial charge in [-0.25, -0.2) is 8.42 Å². The van der Waals surface area contributed by atoms with Gasteiger partial charge < -0.3 is 4.74 Å². The summed E-state index contributed by atoms with van der Waals surface area (Å²) in [6.45, 7) is 1.93. The van der Waals surface area contributed by atoms with E-state index in [0.29, 0.717) is 22.9 Å². The zero-order valence-electron chi connectivity index (χ0n) is 14.6. The van der Waals surface area contributed by atoms with Crippen LogP contribution in [0.15, 0.2) is 60.2 Å². The van der Waals surface area contributed by atoms with E-state index >= 15 is 0 Å². The molecule has 0 spiro atoms. The molecule has 1 aliphatic rings. The van der Waals surface area contributed by atoms with Gasteiger partial charge in [-0.05, 0) is 67.1 Å². The van der Waals surface area contributed by atoms with Crippen LogP contribution in [0, 0.1) is 0 Å². The average Bonchev–Trinajstić information content (AvgIpc) is 2.66. The molecule has 2 aromatic rings. The summed E-state index contributed by atoms with van der Waals surface area (Å²) < 4.78 is 31.2. The van der Waals surface area contributed by atoms with Crippen LogP contribution in [0.1, 0.15) is 22.8 Å². The van der Waals surface area contributed by atoms with Crippen molar-refractivity contribution in [1.29, 1.82) is 0 Å². The highest BCUT2D eigenvalue weighted by molar-refractivity contribution is 7.92. The van der Waals surface area contributed by atoms with Crippen LogP contribution in [0.25, 0.3) is 6.08 Å². The minimum Gasteiger partial charge on any atom is -0.488 e. The van der Waals surface area contributed by atoms with Gasteiger partial charge in [0.25, 0.3) is 0 Å². The van der Waals surface area contributed by atoms with Crippen LogP contribution in [-0.4, -0.2) is 26.6 Å². The molecule has 0 aromatic heterocycles. The normalized spacial score (nSPS) is 13.6. The molecule has 27 heavy (non-hydrogen) atoms. The van der Waals surface area contributed by atoms with E-state index in [9.17, 15) is 13.2 Å². The van der Waals surface area contributed by atoms with E-state index in [1.807, 2.05) is 18.2 Å². The lowest BCUT2D eigenvalue weighted by molar-refractivity contribution is 0.104. The zero-order chi connectivity index (χ0) is 19.4. The Morgan fingerprint density at radius 3 is 2.67 bits per heavy atom. The van der Waals surface area contributed by atoms with Crippen LogP contribution in [0.4, 0.5) is 5.69 Å². The largest absolute Gasteiger partial charge is 0.488 e. The van der Waals surface area contributed by atoms with Crippen molar-refractivity contribution in [3.63, 3.8) is 0 Å². The molecule has 3 rings (SSSR count). The van der Waals surface area contributed by atoms with Crippen molar-refractivity contribution in [1.82, 2.24) is 0 Å². The molecule has 0 atom stereocenters. The number of ketones is 1. The lowest BCUT2D eigenvalue weighted by atomic mass is 10.1. The highest BCUT2D eigenvalue weighted by atomic mass is 35.5. The van der Waals surface area contributed by atoms with E-state index in [0.717, 1.165) is 16.9 Å². The number of fused-ring (bicyclic) bond motifs is 1. The van der Waals surface area contributed by atoms with Crippen molar-refractivity contribution in [2.24, 2.45) is 0 Å². The third-order valence-corrected chi connectivity index (χ3v) is 5.52. The van der Waals surface area contributed by atoms with Gasteiger partial charge in [-0.1, -0.05) is 17.7 Å². The first-order valence-corrected chi connectivity index (χ1v) is 10.4. The number of hydrogen-bond acceptors (Lipinski definition) is 4. The molecule has 0 aliphatic carbocycles. The van der Waals surface area contributed by atoms with Gasteiger partial charge in [0, 0.05) is 21.8 Å². The fraction of sp³-hybridized carbons (Fsp3) is 0.150. The standard InChI is InChI=1S/C20H18ClNO4S/c1-2-27(24,25)22-18-7-4-15(5-8-18)19(23)9-3-14-11-16-12-17(21)6-10-20(16)26-13-14/h3-12,22H,2,13H2,1H3/b9-3+. The van der Waals surface area contributed by atoms with Crippen LogP contribution in [0.5, 0.6) is 5.75 Å². The molecule has 1 aliphatic heterocycles. The number of ether oxygens (including phenoxy) is 1. The van der Waals surface area contributed by atoms with Crippen LogP contribution >= 0.6 is 11.6 Å². The third-order valence-electron chi connectivity index (χ3n) is 3.98. The Labute approximate surface area is 163 Å². The summed E-state index contributed by atoms with van der Waals surface area (Å²) in [6.07, 6.45) is 5.10. The number of carbonyl (C=O) groups is 1. The Balaban J connectivity index is 1.70. The molecule has 0 bridgehead atoms. The number of rotatable bonds is 6. The van der Waals surface area contributed by atoms with Crippen molar-refractivity contribution in [2.45, 2.75) is 6.92 Å². The predicted octanol–water partition coefficient (Wildman–Crippen LogP) is 4.32. The highest BCUT2D eigenvalue weighted by Crippen LogP contribution is 2.29. The summed E-state index contributed by atoms with van der Waals surface area (Å²) >= 11 is 5.99. The first kappa shape index (κ1) is 19.2. The number of hydrogen-bond donors (Lipinski definition) is 1. The Morgan fingerprint density at radius 2 is 1.96 bits per heavy atom. The monoisotopic (exact) mass is 403 g/mol. The van der Waals surface area contributed by atoms with Gasteiger partial charge in [0.15, 0.2) is 5.78 Å². The van der Waals surface area contributed by atoms with E-state index < -0.39 is 10.0 Å². The summed E-state index contributed by atoms with van der Waals surface area (Å²) in [6, 6.07) is 11.7. The zero-order valence-corrected chi connectivity index (χ0v) is 16.2. The summed E-state index contributed by atoms with van der Waals surface area (Å²) in [5.74, 6) is 0.563. The van der Waals surface area contributed by atoms with Gasteiger partial charge in [-0.2, -0.15) is 0 Å². The van der Waals surface area contributed by atoms with Gasteiger partial charge in [0.2, 0.25) is 10.0 Å². The van der Waals surface area contributed by atoms with Crippen molar-refractivity contribution in [2.75, 3.05) is 17.1 Å². The molecule has 1 heterocycles. The molecule has 0 fully saturated rings. The quantitative estimate of drug-likeness (QED) is 0.576. The van der Waals surface area contributed by atoms with Gasteiger partial charge in [-0.15, -0.1) is 0 Å². The van der Waals surface area contributed by atoms with Gasteiger partial charge >= 0.3 is 0 Å². The van der Waals surface area contributed by atoms with E-state index in [4.69, 9.17) is 16.3 Å². The SMILES string of the molecule is CCS(=O)(=O)Nc1ccc(C(=O)/C=C/C2=Cc3cc(Cl)ccc3OC2)cc1. The number of allylic oxidation sites excluding steroid dienone is 1. The average molecular weight is 404 g/mol. The number of sulfonamides is 1. The first-order valence-electron chi connectivity index (χ1n) is 8.32. The Kier molecular flexibility index (Phi) is 5.68. The van der Waals surface area contributed by atoms with E-state index in [1.54, 1.807) is 43.3 Å². The molecule has 140 valence electrons. The maximum Gasteiger partial charge on any atom is 0.232 e. The minimum absolute atomic E-state index is 0.0120. The summed E-state index contributed by atoms with van der Waals surface area (Å²) in [7, 11) is -3.34. The van der Waals surface area contributed by atoms with Crippen molar-refractivity contribution < 1.29 is 17.9 Å². The van der Waals surface area contributed by atoms with Crippen LogP contribution in [0.3, 0.4) is 0 Å². The summed E-state index contributed by atoms with van der Waals surface area (Å²) in [5, 5.41) is 0.619. The second kappa shape index (κ2) is 7.98. The van der Waals surface area contributed by atoms with Crippen molar-refractivity contribution >= 4 is 39.2 Å². The Hall–Kier alpha value is -2.57. The summed E-state index contributed by atoms with van der Waals surface area (Å²) in [5.41, 5.74) is 2.61. The topological polar surface area (TPSA) is 72.5 Å². The molecular weight excluding hydrogens is 386 g/mol. The number of nitrogens with one attached hydrogen (secondary N) is 1. The second-order valence-electron chi connectivity index (χ2n) is 5.97. The number of benzene rings is 2. The Bertz CT molecular complexity index is 1020. The molecule has 7 heteroatoms. The number of anilines is 1. The maximum absolute atomic E-state index is 12.3. The molecular formula is C20H18ClNO4S. The molecule has 0 radical (unpaired) electrons. The molecule has 0 amide bonds. The lowest BCUT2D eigenvalue weighted by Gasteiger charge is -2.16. The van der Waals surface area contributed by atoms with Crippen LogP contribution in [-0.2, 0) is 10.0 Å². The van der Waals surface area contributed by atoms with Gasteiger partial charge in [0.05, 0.1) is 5.75 Å².